The minimum Gasteiger partial charge on any atom is -0.366 e. The molecule has 0 saturated heterocycles. The van der Waals surface area contributed by atoms with Crippen molar-refractivity contribution in [3.63, 3.8) is 0 Å². The van der Waals surface area contributed by atoms with Crippen molar-refractivity contribution < 1.29 is 0 Å². The molecule has 0 aliphatic rings. The van der Waals surface area contributed by atoms with E-state index >= 15 is 0 Å². The van der Waals surface area contributed by atoms with Gasteiger partial charge >= 0.3 is 0 Å². The van der Waals surface area contributed by atoms with Gasteiger partial charge in [-0.1, -0.05) is 17.7 Å². The molecule has 0 aliphatic carbocycles. The molecule has 0 amide bonds. The van der Waals surface area contributed by atoms with E-state index in [1.807, 2.05) is 56.4 Å². The van der Waals surface area contributed by atoms with E-state index in [9.17, 15) is 0 Å². The summed E-state index contributed by atoms with van der Waals surface area (Å²) >= 11 is 6.00. The molecule has 2 heterocycles. The van der Waals surface area contributed by atoms with Crippen LogP contribution in [0.5, 0.6) is 0 Å². The highest BCUT2D eigenvalue weighted by molar-refractivity contribution is 6.30. The largest absolute Gasteiger partial charge is 0.366 e. The first-order valence-corrected chi connectivity index (χ1v) is 7.99. The second kappa shape index (κ2) is 7.27. The highest BCUT2D eigenvalue weighted by Gasteiger charge is 2.05. The standard InChI is InChI=1S/C18H18ClN5/c1-12-8-15(19)5-6-16(12)23-18-22-13(2)9-17(24-18)21-11-14-4-3-7-20-10-14/h3-10H,11H2,1-2H3,(H2,21,22,23,24). The topological polar surface area (TPSA) is 62.7 Å². The van der Waals surface area contributed by atoms with Gasteiger partial charge in [0, 0.05) is 41.4 Å². The van der Waals surface area contributed by atoms with Gasteiger partial charge in [-0.25, -0.2) is 4.98 Å². The molecule has 0 radical (unpaired) electrons. The number of aryl methyl sites for hydroxylation is 2. The zero-order valence-electron chi connectivity index (χ0n) is 13.5. The summed E-state index contributed by atoms with van der Waals surface area (Å²) in [6.07, 6.45) is 3.59. The number of nitrogens with zero attached hydrogens (tertiary/aromatic N) is 3. The van der Waals surface area contributed by atoms with Gasteiger partial charge < -0.3 is 10.6 Å². The summed E-state index contributed by atoms with van der Waals surface area (Å²) in [7, 11) is 0. The van der Waals surface area contributed by atoms with Gasteiger partial charge in [0.1, 0.15) is 5.82 Å². The number of anilines is 3. The van der Waals surface area contributed by atoms with Crippen LogP contribution in [0.4, 0.5) is 17.5 Å². The summed E-state index contributed by atoms with van der Waals surface area (Å²) in [5, 5.41) is 7.26. The SMILES string of the molecule is Cc1cc(NCc2cccnc2)nc(Nc2ccc(Cl)cc2C)n1. The van der Waals surface area contributed by atoms with Crippen LogP contribution in [0.1, 0.15) is 16.8 Å². The van der Waals surface area contributed by atoms with Crippen LogP contribution in [-0.4, -0.2) is 15.0 Å². The van der Waals surface area contributed by atoms with E-state index < -0.39 is 0 Å². The zero-order valence-corrected chi connectivity index (χ0v) is 14.3. The number of benzene rings is 1. The molecule has 0 fully saturated rings. The third-order valence-electron chi connectivity index (χ3n) is 3.49. The molecule has 2 aromatic heterocycles. The van der Waals surface area contributed by atoms with Crippen LogP contribution in [0.3, 0.4) is 0 Å². The van der Waals surface area contributed by atoms with Gasteiger partial charge in [0.15, 0.2) is 0 Å². The normalized spacial score (nSPS) is 10.5. The fourth-order valence-electron chi connectivity index (χ4n) is 2.30. The third-order valence-corrected chi connectivity index (χ3v) is 3.72. The van der Waals surface area contributed by atoms with E-state index in [-0.39, 0.29) is 0 Å². The van der Waals surface area contributed by atoms with E-state index in [0.29, 0.717) is 17.5 Å². The average Bonchev–Trinajstić information content (AvgIpc) is 2.56. The van der Waals surface area contributed by atoms with Crippen molar-refractivity contribution in [1.29, 1.82) is 0 Å². The predicted molar refractivity (Wildman–Crippen MR) is 97.8 cm³/mol. The maximum absolute atomic E-state index is 6.00. The van der Waals surface area contributed by atoms with Crippen LogP contribution in [0.25, 0.3) is 0 Å². The molecule has 1 aromatic carbocycles. The molecule has 0 atom stereocenters. The van der Waals surface area contributed by atoms with Crippen molar-refractivity contribution in [2.45, 2.75) is 20.4 Å². The van der Waals surface area contributed by atoms with Gasteiger partial charge in [-0.3, -0.25) is 4.98 Å². The molecule has 0 bridgehead atoms. The van der Waals surface area contributed by atoms with Gasteiger partial charge in [-0.15, -0.1) is 0 Å². The summed E-state index contributed by atoms with van der Waals surface area (Å²) in [6, 6.07) is 11.5. The first kappa shape index (κ1) is 16.2. The fraction of sp³-hybridized carbons (Fsp3) is 0.167. The van der Waals surface area contributed by atoms with Crippen LogP contribution in [0.15, 0.2) is 48.8 Å². The van der Waals surface area contributed by atoms with Crippen LogP contribution in [0, 0.1) is 13.8 Å². The smallest absolute Gasteiger partial charge is 0.229 e. The summed E-state index contributed by atoms with van der Waals surface area (Å²) in [4.78, 5) is 13.1. The highest BCUT2D eigenvalue weighted by Crippen LogP contribution is 2.23. The number of nitrogens with one attached hydrogen (secondary N) is 2. The van der Waals surface area contributed by atoms with Crippen molar-refractivity contribution in [2.75, 3.05) is 10.6 Å². The molecule has 0 saturated carbocycles. The fourth-order valence-corrected chi connectivity index (χ4v) is 2.52. The molecule has 122 valence electrons. The van der Waals surface area contributed by atoms with Crippen molar-refractivity contribution in [2.24, 2.45) is 0 Å². The molecule has 6 heteroatoms. The lowest BCUT2D eigenvalue weighted by molar-refractivity contribution is 1.05. The second-order valence-corrected chi connectivity index (χ2v) is 5.95. The van der Waals surface area contributed by atoms with E-state index in [4.69, 9.17) is 11.6 Å². The number of rotatable bonds is 5. The zero-order chi connectivity index (χ0) is 16.9. The van der Waals surface area contributed by atoms with Crippen LogP contribution in [-0.2, 0) is 6.54 Å². The highest BCUT2D eigenvalue weighted by atomic mass is 35.5. The summed E-state index contributed by atoms with van der Waals surface area (Å²) < 4.78 is 0. The van der Waals surface area contributed by atoms with Crippen LogP contribution >= 0.6 is 11.6 Å². The van der Waals surface area contributed by atoms with Gasteiger partial charge in [0.2, 0.25) is 5.95 Å². The Labute approximate surface area is 146 Å². The summed E-state index contributed by atoms with van der Waals surface area (Å²) in [5.41, 5.74) is 3.95. The minimum absolute atomic E-state index is 0.550. The van der Waals surface area contributed by atoms with E-state index in [2.05, 4.69) is 25.6 Å². The van der Waals surface area contributed by atoms with Gasteiger partial charge in [0.25, 0.3) is 0 Å². The van der Waals surface area contributed by atoms with Crippen molar-refractivity contribution in [3.05, 3.63) is 70.6 Å². The molecule has 0 aliphatic heterocycles. The lowest BCUT2D eigenvalue weighted by atomic mass is 10.2. The number of pyridine rings is 1. The Balaban J connectivity index is 1.76. The quantitative estimate of drug-likeness (QED) is 0.716. The molecule has 0 spiro atoms. The third kappa shape index (κ3) is 4.20. The Morgan fingerprint density at radius 1 is 1.08 bits per heavy atom. The molecular formula is C18H18ClN5. The minimum atomic E-state index is 0.550. The van der Waals surface area contributed by atoms with Crippen molar-refractivity contribution in [1.82, 2.24) is 15.0 Å². The summed E-state index contributed by atoms with van der Waals surface area (Å²) in [5.74, 6) is 1.31. The Hall–Kier alpha value is -2.66. The lowest BCUT2D eigenvalue weighted by Gasteiger charge is -2.11. The Bertz CT molecular complexity index is 836. The van der Waals surface area contributed by atoms with Crippen LogP contribution < -0.4 is 10.6 Å². The maximum atomic E-state index is 6.00. The Morgan fingerprint density at radius 2 is 1.96 bits per heavy atom. The molecule has 24 heavy (non-hydrogen) atoms. The van der Waals surface area contributed by atoms with E-state index in [1.54, 1.807) is 6.20 Å². The second-order valence-electron chi connectivity index (χ2n) is 5.52. The first-order chi connectivity index (χ1) is 11.6. The molecular weight excluding hydrogens is 322 g/mol. The molecule has 3 aromatic rings. The van der Waals surface area contributed by atoms with Crippen molar-refractivity contribution >= 4 is 29.1 Å². The lowest BCUT2D eigenvalue weighted by Crippen LogP contribution is -2.06. The maximum Gasteiger partial charge on any atom is 0.229 e. The van der Waals surface area contributed by atoms with E-state index in [1.165, 1.54) is 0 Å². The molecule has 3 rings (SSSR count). The number of hydrogen-bond acceptors (Lipinski definition) is 5. The monoisotopic (exact) mass is 339 g/mol. The van der Waals surface area contributed by atoms with E-state index in [0.717, 1.165) is 28.3 Å². The Kier molecular flexibility index (Phi) is 4.91. The molecule has 5 nitrogen and oxygen atoms in total. The first-order valence-electron chi connectivity index (χ1n) is 7.62. The van der Waals surface area contributed by atoms with Gasteiger partial charge in [0.05, 0.1) is 0 Å². The molecule has 2 N–H and O–H groups in total. The summed E-state index contributed by atoms with van der Waals surface area (Å²) in [6.45, 7) is 4.59. The number of hydrogen-bond donors (Lipinski definition) is 2. The van der Waals surface area contributed by atoms with Gasteiger partial charge in [-0.2, -0.15) is 4.98 Å². The van der Waals surface area contributed by atoms with Crippen LogP contribution in [0.2, 0.25) is 5.02 Å². The number of aromatic nitrogens is 3. The van der Waals surface area contributed by atoms with Crippen molar-refractivity contribution in [3.8, 4) is 0 Å². The molecule has 0 unspecified atom stereocenters. The average molecular weight is 340 g/mol. The predicted octanol–water partition coefficient (Wildman–Crippen LogP) is 4.50. The van der Waals surface area contributed by atoms with Gasteiger partial charge in [-0.05, 0) is 49.2 Å². The number of halogens is 1. The Morgan fingerprint density at radius 3 is 2.71 bits per heavy atom.